The van der Waals surface area contributed by atoms with Crippen LogP contribution < -0.4 is 5.73 Å². The summed E-state index contributed by atoms with van der Waals surface area (Å²) in [4.78, 5) is 0.944. The van der Waals surface area contributed by atoms with Gasteiger partial charge in [-0.2, -0.15) is 0 Å². The van der Waals surface area contributed by atoms with Gasteiger partial charge in [0.15, 0.2) is 0 Å². The molecule has 3 aromatic rings. The molecule has 0 fully saturated rings. The molecule has 0 aliphatic heterocycles. The number of rotatable bonds is 0. The summed E-state index contributed by atoms with van der Waals surface area (Å²) in [7, 11) is 0. The third-order valence-corrected chi connectivity index (χ3v) is 2.85. The highest BCUT2D eigenvalue weighted by atomic mass is 32.1. The average Bonchev–Trinajstić information content (AvgIpc) is 2.43. The van der Waals surface area contributed by atoms with Gasteiger partial charge in [-0.1, -0.05) is 48.5 Å². The lowest BCUT2D eigenvalue weighted by Crippen LogP contribution is -1.80. The van der Waals surface area contributed by atoms with Gasteiger partial charge in [0.05, 0.1) is 0 Å². The van der Waals surface area contributed by atoms with Crippen molar-refractivity contribution in [1.82, 2.24) is 0 Å². The summed E-state index contributed by atoms with van der Waals surface area (Å²) in [6.45, 7) is 0. The van der Waals surface area contributed by atoms with Gasteiger partial charge < -0.3 is 5.73 Å². The van der Waals surface area contributed by atoms with E-state index in [9.17, 15) is 0 Å². The van der Waals surface area contributed by atoms with Crippen molar-refractivity contribution in [3.05, 3.63) is 72.8 Å². The molecule has 0 unspecified atom stereocenters. The fraction of sp³-hybridized carbons (Fsp3) is 0. The van der Waals surface area contributed by atoms with Gasteiger partial charge in [0.25, 0.3) is 0 Å². The molecule has 0 aromatic heterocycles. The molecule has 0 heterocycles. The quantitative estimate of drug-likeness (QED) is 0.451. The molecule has 3 aromatic carbocycles. The Kier molecular flexibility index (Phi) is 4.26. The van der Waals surface area contributed by atoms with E-state index in [0.717, 1.165) is 10.6 Å². The van der Waals surface area contributed by atoms with Crippen LogP contribution in [0.1, 0.15) is 0 Å². The van der Waals surface area contributed by atoms with Gasteiger partial charge in [0.1, 0.15) is 0 Å². The molecular formula is C16H15NS. The van der Waals surface area contributed by atoms with Crippen LogP contribution in [0.5, 0.6) is 0 Å². The molecule has 3 rings (SSSR count). The summed E-state index contributed by atoms with van der Waals surface area (Å²) in [5.41, 5.74) is 6.17. The predicted octanol–water partition coefficient (Wildman–Crippen LogP) is 4.40. The molecule has 90 valence electrons. The Bertz CT molecular complexity index is 531. The maximum absolute atomic E-state index is 5.39. The Balaban J connectivity index is 0.000000138. The van der Waals surface area contributed by atoms with Crippen LogP contribution >= 0.6 is 12.6 Å². The molecule has 18 heavy (non-hydrogen) atoms. The van der Waals surface area contributed by atoms with Gasteiger partial charge in [-0.25, -0.2) is 0 Å². The van der Waals surface area contributed by atoms with Gasteiger partial charge in [0, 0.05) is 10.6 Å². The monoisotopic (exact) mass is 253 g/mol. The predicted molar refractivity (Wildman–Crippen MR) is 82.1 cm³/mol. The number of nitrogen functional groups attached to an aromatic ring is 1. The Morgan fingerprint density at radius 2 is 1.00 bits per heavy atom. The van der Waals surface area contributed by atoms with Crippen LogP contribution in [-0.4, -0.2) is 0 Å². The van der Waals surface area contributed by atoms with Crippen LogP contribution in [0.4, 0.5) is 5.69 Å². The van der Waals surface area contributed by atoms with Crippen molar-refractivity contribution in [3.63, 3.8) is 0 Å². The van der Waals surface area contributed by atoms with Gasteiger partial charge in [-0.15, -0.1) is 12.6 Å². The summed E-state index contributed by atoms with van der Waals surface area (Å²) >= 11 is 4.08. The molecule has 0 saturated heterocycles. The van der Waals surface area contributed by atoms with E-state index in [1.54, 1.807) is 0 Å². The number of thiol groups is 1. The molecule has 2 heteroatoms. The zero-order valence-corrected chi connectivity index (χ0v) is 10.8. The van der Waals surface area contributed by atoms with Crippen molar-refractivity contribution in [2.45, 2.75) is 4.90 Å². The van der Waals surface area contributed by atoms with E-state index >= 15 is 0 Å². The topological polar surface area (TPSA) is 26.0 Å². The molecule has 1 nitrogen and oxygen atoms in total. The van der Waals surface area contributed by atoms with Crippen LogP contribution in [-0.2, 0) is 0 Å². The van der Waals surface area contributed by atoms with Gasteiger partial charge in [0.2, 0.25) is 0 Å². The maximum atomic E-state index is 5.39. The minimum absolute atomic E-state index is 0.780. The van der Waals surface area contributed by atoms with Crippen molar-refractivity contribution in [2.24, 2.45) is 0 Å². The Morgan fingerprint density at radius 1 is 0.611 bits per heavy atom. The van der Waals surface area contributed by atoms with Crippen LogP contribution in [0, 0.1) is 0 Å². The first kappa shape index (κ1) is 12.5. The number of nitrogens with two attached hydrogens (primary N) is 1. The SMILES string of the molecule is Nc1ccc(S)cc1.c1ccc2ccccc2c1. The molecule has 0 radical (unpaired) electrons. The fourth-order valence-corrected chi connectivity index (χ4v) is 1.76. The lowest BCUT2D eigenvalue weighted by molar-refractivity contribution is 1.48. The summed E-state index contributed by atoms with van der Waals surface area (Å²) in [5, 5.41) is 2.62. The zero-order valence-electron chi connectivity index (χ0n) is 9.95. The number of anilines is 1. The Hall–Kier alpha value is -1.93. The first-order valence-corrected chi connectivity index (χ1v) is 6.19. The standard InChI is InChI=1S/C10H8.C6H7NS/c1-2-6-10-8-4-3-7-9(10)5-1;7-5-1-3-6(8)4-2-5/h1-8H;1-4,8H,7H2. The molecule has 0 atom stereocenters. The molecule has 0 aliphatic carbocycles. The lowest BCUT2D eigenvalue weighted by atomic mass is 10.1. The van der Waals surface area contributed by atoms with E-state index in [0.29, 0.717) is 0 Å². The first-order valence-electron chi connectivity index (χ1n) is 5.74. The second-order valence-electron chi connectivity index (χ2n) is 3.94. The largest absolute Gasteiger partial charge is 0.399 e. The Labute approximate surface area is 113 Å². The van der Waals surface area contributed by atoms with Crippen molar-refractivity contribution in [2.75, 3.05) is 5.73 Å². The second kappa shape index (κ2) is 6.12. The average molecular weight is 253 g/mol. The number of benzene rings is 3. The minimum Gasteiger partial charge on any atom is -0.399 e. The normalized spacial score (nSPS) is 9.61. The summed E-state index contributed by atoms with van der Waals surface area (Å²) < 4.78 is 0. The van der Waals surface area contributed by atoms with Crippen molar-refractivity contribution >= 4 is 29.1 Å². The van der Waals surface area contributed by atoms with E-state index in [1.807, 2.05) is 24.3 Å². The third kappa shape index (κ3) is 3.54. The highest BCUT2D eigenvalue weighted by Gasteiger charge is 1.85. The van der Waals surface area contributed by atoms with Crippen molar-refractivity contribution in [3.8, 4) is 0 Å². The van der Waals surface area contributed by atoms with Crippen LogP contribution in [0.3, 0.4) is 0 Å². The second-order valence-corrected chi connectivity index (χ2v) is 4.46. The van der Waals surface area contributed by atoms with Gasteiger partial charge in [-0.05, 0) is 35.0 Å². The maximum Gasteiger partial charge on any atom is 0.0314 e. The van der Waals surface area contributed by atoms with Crippen LogP contribution in [0.25, 0.3) is 10.8 Å². The van der Waals surface area contributed by atoms with E-state index < -0.39 is 0 Å². The molecule has 0 saturated carbocycles. The summed E-state index contributed by atoms with van der Waals surface area (Å²) in [6.07, 6.45) is 0. The highest BCUT2D eigenvalue weighted by molar-refractivity contribution is 7.80. The summed E-state index contributed by atoms with van der Waals surface area (Å²) in [5.74, 6) is 0. The highest BCUT2D eigenvalue weighted by Crippen LogP contribution is 2.11. The molecule has 0 aliphatic rings. The number of hydrogen-bond donors (Lipinski definition) is 2. The summed E-state index contributed by atoms with van der Waals surface area (Å²) in [6, 6.07) is 24.1. The van der Waals surface area contributed by atoms with Crippen LogP contribution in [0.15, 0.2) is 77.7 Å². The van der Waals surface area contributed by atoms with E-state index in [2.05, 4.69) is 61.2 Å². The minimum atomic E-state index is 0.780. The zero-order chi connectivity index (χ0) is 12.8. The smallest absolute Gasteiger partial charge is 0.0314 e. The van der Waals surface area contributed by atoms with Crippen molar-refractivity contribution < 1.29 is 0 Å². The molecule has 2 N–H and O–H groups in total. The van der Waals surface area contributed by atoms with Crippen molar-refractivity contribution in [1.29, 1.82) is 0 Å². The third-order valence-electron chi connectivity index (χ3n) is 2.55. The lowest BCUT2D eigenvalue weighted by Gasteiger charge is -1.92. The van der Waals surface area contributed by atoms with E-state index in [1.165, 1.54) is 10.8 Å². The molecule has 0 amide bonds. The number of hydrogen-bond acceptors (Lipinski definition) is 2. The van der Waals surface area contributed by atoms with Gasteiger partial charge >= 0.3 is 0 Å². The molecular weight excluding hydrogens is 238 g/mol. The first-order chi connectivity index (χ1) is 8.75. The van der Waals surface area contributed by atoms with Gasteiger partial charge in [-0.3, -0.25) is 0 Å². The fourth-order valence-electron chi connectivity index (χ4n) is 1.61. The van der Waals surface area contributed by atoms with E-state index in [4.69, 9.17) is 5.73 Å². The van der Waals surface area contributed by atoms with Crippen LogP contribution in [0.2, 0.25) is 0 Å². The molecule has 0 spiro atoms. The van der Waals surface area contributed by atoms with E-state index in [-0.39, 0.29) is 0 Å². The number of fused-ring (bicyclic) bond motifs is 1. The Morgan fingerprint density at radius 3 is 1.33 bits per heavy atom. The molecule has 0 bridgehead atoms.